The first-order chi connectivity index (χ1) is 21.7. The van der Waals surface area contributed by atoms with E-state index in [0.717, 1.165) is 51.4 Å². The van der Waals surface area contributed by atoms with Gasteiger partial charge >= 0.3 is 5.97 Å². The molecular formula is C40H78O4. The maximum atomic E-state index is 12.9. The monoisotopic (exact) mass is 623 g/mol. The summed E-state index contributed by atoms with van der Waals surface area (Å²) in [5.41, 5.74) is 0. The minimum absolute atomic E-state index is 0.0600. The predicted octanol–water partition coefficient (Wildman–Crippen LogP) is 13.0. The van der Waals surface area contributed by atoms with Crippen molar-refractivity contribution in [1.29, 1.82) is 0 Å². The molecule has 262 valence electrons. The van der Waals surface area contributed by atoms with Crippen molar-refractivity contribution in [2.75, 3.05) is 6.61 Å². The number of hydrogen-bond donors (Lipinski definition) is 0. The molecule has 0 aliphatic heterocycles. The summed E-state index contributed by atoms with van der Waals surface area (Å²) in [5.74, 6) is -0.184. The van der Waals surface area contributed by atoms with E-state index in [9.17, 15) is 9.59 Å². The lowest BCUT2D eigenvalue weighted by Gasteiger charge is -2.20. The third kappa shape index (κ3) is 32.5. The largest absolute Gasteiger partial charge is 0.462 e. The van der Waals surface area contributed by atoms with Crippen LogP contribution in [-0.2, 0) is 19.1 Å². The minimum atomic E-state index is -0.278. The molecule has 44 heavy (non-hydrogen) atoms. The Bertz CT molecular complexity index is 578. The first-order valence-electron chi connectivity index (χ1n) is 19.9. The Kier molecular flexibility index (Phi) is 35.8. The van der Waals surface area contributed by atoms with Gasteiger partial charge in [0.2, 0.25) is 0 Å². The lowest BCUT2D eigenvalue weighted by Crippen LogP contribution is -2.24. The lowest BCUT2D eigenvalue weighted by atomic mass is 10.0. The van der Waals surface area contributed by atoms with Crippen LogP contribution in [0.4, 0.5) is 0 Å². The number of carbonyl (C=O) groups is 2. The van der Waals surface area contributed by atoms with Gasteiger partial charge in [0, 0.05) is 13.0 Å². The van der Waals surface area contributed by atoms with Crippen LogP contribution in [0.25, 0.3) is 0 Å². The van der Waals surface area contributed by atoms with Gasteiger partial charge in [-0.2, -0.15) is 0 Å². The molecule has 0 aromatic carbocycles. The first kappa shape index (κ1) is 43.1. The molecule has 0 aliphatic carbocycles. The van der Waals surface area contributed by atoms with Crippen molar-refractivity contribution in [3.63, 3.8) is 0 Å². The quantitative estimate of drug-likeness (QED) is 0.0393. The van der Waals surface area contributed by atoms with Gasteiger partial charge in [0.05, 0.1) is 12.5 Å². The summed E-state index contributed by atoms with van der Waals surface area (Å²) in [6.07, 6.45) is 39.1. The number of hydrogen-bond acceptors (Lipinski definition) is 4. The van der Waals surface area contributed by atoms with Crippen LogP contribution in [0.3, 0.4) is 0 Å². The molecular weight excluding hydrogens is 544 g/mol. The average molecular weight is 623 g/mol. The van der Waals surface area contributed by atoms with Crippen molar-refractivity contribution in [3.05, 3.63) is 0 Å². The van der Waals surface area contributed by atoms with Crippen molar-refractivity contribution < 1.29 is 19.1 Å². The molecule has 0 rings (SSSR count). The second kappa shape index (κ2) is 36.6. The van der Waals surface area contributed by atoms with E-state index in [2.05, 4.69) is 20.8 Å². The highest BCUT2D eigenvalue weighted by molar-refractivity contribution is 5.70. The molecule has 0 aromatic rings. The molecule has 0 amide bonds. The molecule has 0 spiro atoms. The number of ether oxygens (including phenoxy) is 2. The maximum absolute atomic E-state index is 12.9. The van der Waals surface area contributed by atoms with Gasteiger partial charge in [0.25, 0.3) is 0 Å². The van der Waals surface area contributed by atoms with Crippen LogP contribution in [0.2, 0.25) is 0 Å². The fraction of sp³-hybridized carbons (Fsp3) is 0.950. The Labute approximate surface area is 276 Å². The van der Waals surface area contributed by atoms with Gasteiger partial charge in [0.1, 0.15) is 12.4 Å². The van der Waals surface area contributed by atoms with E-state index < -0.39 is 0 Å². The molecule has 4 nitrogen and oxygen atoms in total. The number of aldehydes is 1. The van der Waals surface area contributed by atoms with Gasteiger partial charge in [0.15, 0.2) is 0 Å². The predicted molar refractivity (Wildman–Crippen MR) is 190 cm³/mol. The summed E-state index contributed by atoms with van der Waals surface area (Å²) in [4.78, 5) is 24.2. The highest BCUT2D eigenvalue weighted by atomic mass is 16.5. The summed E-state index contributed by atoms with van der Waals surface area (Å²) in [5, 5.41) is 0. The normalized spacial score (nSPS) is 12.8. The molecule has 0 radical (unpaired) electrons. The number of unbranched alkanes of at least 4 members (excludes halogenated alkanes) is 25. The SMILES string of the molecule is CCCCCCCCCCCCOC(CCCCCCCCCCC)CC(=O)OC(CC=O)CCCCCCCCCCC. The molecule has 0 aliphatic rings. The first-order valence-corrected chi connectivity index (χ1v) is 19.9. The van der Waals surface area contributed by atoms with Crippen LogP contribution < -0.4 is 0 Å². The Hall–Kier alpha value is -0.900. The molecule has 2 atom stereocenters. The highest BCUT2D eigenvalue weighted by Gasteiger charge is 2.19. The van der Waals surface area contributed by atoms with E-state index >= 15 is 0 Å². The van der Waals surface area contributed by atoms with Crippen molar-refractivity contribution in [3.8, 4) is 0 Å². The van der Waals surface area contributed by atoms with Crippen LogP contribution in [-0.4, -0.2) is 31.1 Å². The molecule has 0 saturated heterocycles. The van der Waals surface area contributed by atoms with Gasteiger partial charge in [-0.25, -0.2) is 0 Å². The molecule has 0 heterocycles. The van der Waals surface area contributed by atoms with Crippen LogP contribution >= 0.6 is 0 Å². The summed E-state index contributed by atoms with van der Waals surface area (Å²) < 4.78 is 12.1. The Morgan fingerprint density at radius 2 is 0.818 bits per heavy atom. The Balaban J connectivity index is 4.39. The molecule has 2 unspecified atom stereocenters. The summed E-state index contributed by atoms with van der Waals surface area (Å²) in [6, 6.07) is 0. The van der Waals surface area contributed by atoms with Crippen molar-refractivity contribution in [1.82, 2.24) is 0 Å². The maximum Gasteiger partial charge on any atom is 0.308 e. The van der Waals surface area contributed by atoms with Crippen molar-refractivity contribution in [2.45, 2.75) is 238 Å². The Morgan fingerprint density at radius 3 is 1.20 bits per heavy atom. The van der Waals surface area contributed by atoms with Crippen molar-refractivity contribution in [2.24, 2.45) is 0 Å². The van der Waals surface area contributed by atoms with E-state index in [4.69, 9.17) is 9.47 Å². The van der Waals surface area contributed by atoms with Crippen LogP contribution in [0, 0.1) is 0 Å². The van der Waals surface area contributed by atoms with Gasteiger partial charge in [-0.05, 0) is 25.7 Å². The standard InChI is InChI=1S/C40H78O4/c1-4-7-10-13-16-19-22-25-28-31-36-43-39(33-30-27-24-21-18-15-12-9-6-3)37-40(42)44-38(34-35-41)32-29-26-23-20-17-14-11-8-5-2/h35,38-39H,4-34,36-37H2,1-3H3. The zero-order chi connectivity index (χ0) is 32.2. The minimum Gasteiger partial charge on any atom is -0.462 e. The third-order valence-electron chi connectivity index (χ3n) is 9.16. The van der Waals surface area contributed by atoms with Crippen LogP contribution in [0.5, 0.6) is 0 Å². The molecule has 0 bridgehead atoms. The van der Waals surface area contributed by atoms with E-state index in [1.165, 1.54) is 154 Å². The molecule has 0 saturated carbocycles. The third-order valence-corrected chi connectivity index (χ3v) is 9.16. The molecule has 0 N–H and O–H groups in total. The fourth-order valence-corrected chi connectivity index (χ4v) is 6.20. The van der Waals surface area contributed by atoms with Crippen LogP contribution in [0.15, 0.2) is 0 Å². The zero-order valence-corrected chi connectivity index (χ0v) is 30.2. The second-order valence-electron chi connectivity index (χ2n) is 13.6. The number of carbonyl (C=O) groups excluding carboxylic acids is 2. The van der Waals surface area contributed by atoms with Gasteiger partial charge in [-0.3, -0.25) is 4.79 Å². The molecule has 0 fully saturated rings. The molecule has 0 aromatic heterocycles. The number of rotatable bonds is 37. The summed E-state index contributed by atoms with van der Waals surface area (Å²) in [6.45, 7) is 7.54. The summed E-state index contributed by atoms with van der Waals surface area (Å²) >= 11 is 0. The van der Waals surface area contributed by atoms with Crippen LogP contribution in [0.1, 0.15) is 226 Å². The van der Waals surface area contributed by atoms with Crippen molar-refractivity contribution >= 4 is 12.3 Å². The fourth-order valence-electron chi connectivity index (χ4n) is 6.20. The smallest absolute Gasteiger partial charge is 0.308 e. The topological polar surface area (TPSA) is 52.6 Å². The zero-order valence-electron chi connectivity index (χ0n) is 30.2. The van der Waals surface area contributed by atoms with E-state index in [0.29, 0.717) is 12.8 Å². The van der Waals surface area contributed by atoms with E-state index in [-0.39, 0.29) is 18.2 Å². The lowest BCUT2D eigenvalue weighted by molar-refractivity contribution is -0.153. The van der Waals surface area contributed by atoms with Gasteiger partial charge < -0.3 is 14.3 Å². The molecule has 4 heteroatoms. The summed E-state index contributed by atoms with van der Waals surface area (Å²) in [7, 11) is 0. The van der Waals surface area contributed by atoms with E-state index in [1.807, 2.05) is 0 Å². The second-order valence-corrected chi connectivity index (χ2v) is 13.6. The average Bonchev–Trinajstić information content (AvgIpc) is 3.01. The van der Waals surface area contributed by atoms with Gasteiger partial charge in [-0.1, -0.05) is 188 Å². The number of esters is 1. The Morgan fingerprint density at radius 1 is 0.477 bits per heavy atom. The van der Waals surface area contributed by atoms with E-state index in [1.54, 1.807) is 0 Å². The highest BCUT2D eigenvalue weighted by Crippen LogP contribution is 2.18. The van der Waals surface area contributed by atoms with Gasteiger partial charge in [-0.15, -0.1) is 0 Å².